The third kappa shape index (κ3) is 5.99. The Morgan fingerprint density at radius 2 is 1.79 bits per heavy atom. The van der Waals surface area contributed by atoms with E-state index in [0.717, 1.165) is 44.7 Å². The summed E-state index contributed by atoms with van der Waals surface area (Å²) in [5, 5.41) is 0. The van der Waals surface area contributed by atoms with Crippen LogP contribution in [0.5, 0.6) is 0 Å². The van der Waals surface area contributed by atoms with E-state index in [4.69, 9.17) is 0 Å². The van der Waals surface area contributed by atoms with Crippen molar-refractivity contribution in [1.29, 1.82) is 0 Å². The minimum atomic E-state index is 0.0585. The maximum Gasteiger partial charge on any atom is 0.224 e. The summed E-state index contributed by atoms with van der Waals surface area (Å²) < 4.78 is 0. The number of benzene rings is 1. The summed E-state index contributed by atoms with van der Waals surface area (Å²) in [6.45, 7) is 6.83. The van der Waals surface area contributed by atoms with E-state index in [1.54, 1.807) is 6.92 Å². The third-order valence-corrected chi connectivity index (χ3v) is 4.91. The van der Waals surface area contributed by atoms with Crippen LogP contribution in [0.3, 0.4) is 0 Å². The van der Waals surface area contributed by atoms with Gasteiger partial charge >= 0.3 is 0 Å². The summed E-state index contributed by atoms with van der Waals surface area (Å²) in [6.07, 6.45) is 4.53. The van der Waals surface area contributed by atoms with Crippen LogP contribution in [0.1, 0.15) is 45.1 Å². The molecule has 24 heavy (non-hydrogen) atoms. The average Bonchev–Trinajstić information content (AvgIpc) is 2.59. The summed E-state index contributed by atoms with van der Waals surface area (Å²) in [6, 6.07) is 10.3. The Kier molecular flexibility index (Phi) is 7.29. The smallest absolute Gasteiger partial charge is 0.224 e. The van der Waals surface area contributed by atoms with Crippen molar-refractivity contribution in [2.24, 2.45) is 5.92 Å². The van der Waals surface area contributed by atoms with Crippen LogP contribution in [0, 0.1) is 5.92 Å². The summed E-state index contributed by atoms with van der Waals surface area (Å²) in [7, 11) is 0. The first-order valence-electron chi connectivity index (χ1n) is 9.13. The van der Waals surface area contributed by atoms with Crippen molar-refractivity contribution >= 4 is 11.8 Å². The van der Waals surface area contributed by atoms with Gasteiger partial charge in [-0.3, -0.25) is 9.59 Å². The summed E-state index contributed by atoms with van der Waals surface area (Å²) >= 11 is 0. The largest absolute Gasteiger partial charge is 0.343 e. The van der Waals surface area contributed by atoms with Crippen molar-refractivity contribution in [2.75, 3.05) is 26.2 Å². The fourth-order valence-corrected chi connectivity index (χ4v) is 3.19. The number of nitrogens with zero attached hydrogens (tertiary/aromatic N) is 2. The maximum atomic E-state index is 12.3. The Balaban J connectivity index is 1.72. The molecule has 0 unspecified atom stereocenters. The monoisotopic (exact) mass is 330 g/mol. The van der Waals surface area contributed by atoms with Crippen molar-refractivity contribution < 1.29 is 9.59 Å². The quantitative estimate of drug-likeness (QED) is 0.771. The lowest BCUT2D eigenvalue weighted by molar-refractivity contribution is -0.134. The van der Waals surface area contributed by atoms with Gasteiger partial charge in [0, 0.05) is 39.5 Å². The van der Waals surface area contributed by atoms with Gasteiger partial charge in [0.05, 0.1) is 0 Å². The van der Waals surface area contributed by atoms with E-state index in [1.807, 2.05) is 28.0 Å². The molecule has 1 fully saturated rings. The van der Waals surface area contributed by atoms with Crippen LogP contribution >= 0.6 is 0 Å². The van der Waals surface area contributed by atoms with E-state index in [1.165, 1.54) is 5.56 Å². The zero-order chi connectivity index (χ0) is 17.4. The van der Waals surface area contributed by atoms with Crippen LogP contribution in [0.2, 0.25) is 0 Å². The van der Waals surface area contributed by atoms with Gasteiger partial charge in [-0.2, -0.15) is 0 Å². The molecule has 4 heteroatoms. The lowest BCUT2D eigenvalue weighted by Gasteiger charge is -2.31. The standard InChI is InChI=1S/C20H30N2O2/c1-17-10-14-22(15-11-17)20(24)12-16-21(18(2)23)13-6-9-19-7-4-3-5-8-19/h3-5,7-8,17H,6,9-16H2,1-2H3. The van der Waals surface area contributed by atoms with Crippen LogP contribution in [0.4, 0.5) is 0 Å². The van der Waals surface area contributed by atoms with Gasteiger partial charge in [0.2, 0.25) is 11.8 Å². The van der Waals surface area contributed by atoms with E-state index in [-0.39, 0.29) is 11.8 Å². The molecule has 0 aliphatic carbocycles. The van der Waals surface area contributed by atoms with Gasteiger partial charge in [-0.1, -0.05) is 37.3 Å². The third-order valence-electron chi connectivity index (χ3n) is 4.91. The maximum absolute atomic E-state index is 12.3. The van der Waals surface area contributed by atoms with E-state index >= 15 is 0 Å². The van der Waals surface area contributed by atoms with Gasteiger partial charge < -0.3 is 9.80 Å². The molecule has 2 amide bonds. The number of piperidine rings is 1. The first-order chi connectivity index (χ1) is 11.6. The van der Waals surface area contributed by atoms with Crippen molar-refractivity contribution in [2.45, 2.75) is 46.0 Å². The zero-order valence-corrected chi connectivity index (χ0v) is 15.0. The molecule has 1 aromatic carbocycles. The second-order valence-electron chi connectivity index (χ2n) is 6.91. The second kappa shape index (κ2) is 9.45. The summed E-state index contributed by atoms with van der Waals surface area (Å²) in [4.78, 5) is 27.9. The van der Waals surface area contributed by atoms with Gasteiger partial charge in [0.25, 0.3) is 0 Å². The molecule has 1 aromatic rings. The number of hydrogen-bond donors (Lipinski definition) is 0. The predicted octanol–water partition coefficient (Wildman–Crippen LogP) is 3.12. The van der Waals surface area contributed by atoms with Crippen LogP contribution in [0.25, 0.3) is 0 Å². The summed E-state index contributed by atoms with van der Waals surface area (Å²) in [5.74, 6) is 0.972. The van der Waals surface area contributed by atoms with E-state index in [2.05, 4.69) is 19.1 Å². The molecule has 4 nitrogen and oxygen atoms in total. The molecule has 1 heterocycles. The predicted molar refractivity (Wildman–Crippen MR) is 96.6 cm³/mol. The Labute approximate surface area is 145 Å². The number of likely N-dealkylation sites (tertiary alicyclic amines) is 1. The summed E-state index contributed by atoms with van der Waals surface area (Å²) in [5.41, 5.74) is 1.29. The minimum Gasteiger partial charge on any atom is -0.343 e. The average molecular weight is 330 g/mol. The SMILES string of the molecule is CC(=O)N(CCCc1ccccc1)CCC(=O)N1CCC(C)CC1. The molecule has 132 valence electrons. The molecule has 0 radical (unpaired) electrons. The van der Waals surface area contributed by atoms with Crippen molar-refractivity contribution in [3.63, 3.8) is 0 Å². The number of hydrogen-bond acceptors (Lipinski definition) is 2. The molecular formula is C20H30N2O2. The van der Waals surface area contributed by atoms with Gasteiger partial charge in [0.15, 0.2) is 0 Å². The zero-order valence-electron chi connectivity index (χ0n) is 15.0. The minimum absolute atomic E-state index is 0.0585. The molecule has 0 spiro atoms. The number of aryl methyl sites for hydroxylation is 1. The molecule has 0 atom stereocenters. The molecule has 0 saturated carbocycles. The highest BCUT2D eigenvalue weighted by Crippen LogP contribution is 2.16. The number of carbonyl (C=O) groups is 2. The Bertz CT molecular complexity index is 522. The lowest BCUT2D eigenvalue weighted by atomic mass is 9.99. The fourth-order valence-electron chi connectivity index (χ4n) is 3.19. The van der Waals surface area contributed by atoms with Crippen LogP contribution in [-0.4, -0.2) is 47.8 Å². The fraction of sp³-hybridized carbons (Fsp3) is 0.600. The highest BCUT2D eigenvalue weighted by molar-refractivity contribution is 5.78. The molecule has 1 saturated heterocycles. The van der Waals surface area contributed by atoms with Crippen molar-refractivity contribution in [3.8, 4) is 0 Å². The number of carbonyl (C=O) groups excluding carboxylic acids is 2. The molecule has 1 aliphatic heterocycles. The Morgan fingerprint density at radius 1 is 1.12 bits per heavy atom. The van der Waals surface area contributed by atoms with E-state index in [9.17, 15) is 9.59 Å². The topological polar surface area (TPSA) is 40.6 Å². The Morgan fingerprint density at radius 3 is 2.42 bits per heavy atom. The van der Waals surface area contributed by atoms with Crippen LogP contribution in [0.15, 0.2) is 30.3 Å². The molecule has 1 aliphatic rings. The Hall–Kier alpha value is -1.84. The molecule has 2 rings (SSSR count). The van der Waals surface area contributed by atoms with E-state index in [0.29, 0.717) is 19.5 Å². The van der Waals surface area contributed by atoms with Crippen molar-refractivity contribution in [3.05, 3.63) is 35.9 Å². The normalized spacial score (nSPS) is 15.3. The van der Waals surface area contributed by atoms with Crippen LogP contribution in [-0.2, 0) is 16.0 Å². The van der Waals surface area contributed by atoms with Gasteiger partial charge in [0.1, 0.15) is 0 Å². The number of rotatable bonds is 7. The van der Waals surface area contributed by atoms with Crippen LogP contribution < -0.4 is 0 Å². The van der Waals surface area contributed by atoms with Gasteiger partial charge in [-0.05, 0) is 37.2 Å². The van der Waals surface area contributed by atoms with Gasteiger partial charge in [-0.25, -0.2) is 0 Å². The molecule has 0 N–H and O–H groups in total. The lowest BCUT2D eigenvalue weighted by Crippen LogP contribution is -2.40. The molecule has 0 bridgehead atoms. The first kappa shape index (κ1) is 18.5. The van der Waals surface area contributed by atoms with E-state index < -0.39 is 0 Å². The number of amides is 2. The highest BCUT2D eigenvalue weighted by atomic mass is 16.2. The second-order valence-corrected chi connectivity index (χ2v) is 6.91. The van der Waals surface area contributed by atoms with Gasteiger partial charge in [-0.15, -0.1) is 0 Å². The molecule has 0 aromatic heterocycles. The highest BCUT2D eigenvalue weighted by Gasteiger charge is 2.21. The molecular weight excluding hydrogens is 300 g/mol. The first-order valence-corrected chi connectivity index (χ1v) is 9.13. The van der Waals surface area contributed by atoms with Crippen molar-refractivity contribution in [1.82, 2.24) is 9.80 Å².